The lowest BCUT2D eigenvalue weighted by molar-refractivity contribution is -0.0124. The maximum absolute atomic E-state index is 12.4. The molecular weight excluding hydrogens is 346 g/mol. The van der Waals surface area contributed by atoms with Crippen molar-refractivity contribution in [2.24, 2.45) is 0 Å². The van der Waals surface area contributed by atoms with E-state index in [0.29, 0.717) is 29.7 Å². The molecule has 1 unspecified atom stereocenters. The van der Waals surface area contributed by atoms with Gasteiger partial charge in [0.1, 0.15) is 0 Å². The number of benzene rings is 1. The number of morpholine rings is 1. The molecule has 1 aliphatic rings. The normalized spacial score (nSPS) is 19.9. The van der Waals surface area contributed by atoms with E-state index in [1.807, 2.05) is 6.92 Å². The molecule has 7 heteroatoms. The van der Waals surface area contributed by atoms with E-state index in [0.717, 1.165) is 6.26 Å². The van der Waals surface area contributed by atoms with Crippen LogP contribution in [0.4, 0.5) is 0 Å². The highest BCUT2D eigenvalue weighted by Gasteiger charge is 2.23. The van der Waals surface area contributed by atoms with Crippen LogP contribution in [-0.2, 0) is 14.6 Å². The molecule has 0 bridgehead atoms. The fourth-order valence-electron chi connectivity index (χ4n) is 2.12. The maximum atomic E-state index is 12.4. The molecule has 1 aromatic rings. The Hall–Kier alpha value is -0.920. The third kappa shape index (κ3) is 3.39. The molecule has 1 aliphatic heterocycles. The van der Waals surface area contributed by atoms with Crippen LogP contribution in [0.3, 0.4) is 0 Å². The second-order valence-corrected chi connectivity index (χ2v) is 7.69. The Balaban J connectivity index is 2.25. The van der Waals surface area contributed by atoms with Gasteiger partial charge in [0.25, 0.3) is 5.91 Å². The number of rotatable bonds is 2. The van der Waals surface area contributed by atoms with Crippen LogP contribution in [0.25, 0.3) is 0 Å². The van der Waals surface area contributed by atoms with Gasteiger partial charge < -0.3 is 9.64 Å². The number of ether oxygens (including phenoxy) is 1. The lowest BCUT2D eigenvalue weighted by atomic mass is 10.2. The first kappa shape index (κ1) is 15.5. The van der Waals surface area contributed by atoms with Crippen molar-refractivity contribution in [1.29, 1.82) is 0 Å². The first-order valence-electron chi connectivity index (χ1n) is 6.19. The van der Waals surface area contributed by atoms with Gasteiger partial charge >= 0.3 is 0 Å². The lowest BCUT2D eigenvalue weighted by Crippen LogP contribution is -2.44. The molecule has 0 aromatic heterocycles. The van der Waals surface area contributed by atoms with Gasteiger partial charge in [0.2, 0.25) is 0 Å². The molecule has 1 amide bonds. The van der Waals surface area contributed by atoms with Gasteiger partial charge in [-0.1, -0.05) is 0 Å². The largest absolute Gasteiger partial charge is 0.375 e. The van der Waals surface area contributed by atoms with E-state index < -0.39 is 9.84 Å². The van der Waals surface area contributed by atoms with Gasteiger partial charge in [-0.2, -0.15) is 0 Å². The van der Waals surface area contributed by atoms with Crippen LogP contribution in [0.2, 0.25) is 0 Å². The van der Waals surface area contributed by atoms with Gasteiger partial charge in [-0.3, -0.25) is 4.79 Å². The van der Waals surface area contributed by atoms with Gasteiger partial charge in [0.05, 0.1) is 17.6 Å². The Morgan fingerprint density at radius 2 is 2.15 bits per heavy atom. The third-order valence-electron chi connectivity index (χ3n) is 3.11. The van der Waals surface area contributed by atoms with Gasteiger partial charge in [-0.15, -0.1) is 0 Å². The minimum Gasteiger partial charge on any atom is -0.375 e. The summed E-state index contributed by atoms with van der Waals surface area (Å²) in [5.74, 6) is -0.110. The minimum absolute atomic E-state index is 0.0198. The van der Waals surface area contributed by atoms with Gasteiger partial charge in [0, 0.05) is 29.4 Å². The van der Waals surface area contributed by atoms with Crippen LogP contribution in [0, 0.1) is 0 Å². The quantitative estimate of drug-likeness (QED) is 0.804. The fraction of sp³-hybridized carbons (Fsp3) is 0.462. The second kappa shape index (κ2) is 5.83. The predicted octanol–water partition coefficient (Wildman–Crippen LogP) is 1.71. The van der Waals surface area contributed by atoms with Gasteiger partial charge in [-0.05, 0) is 41.1 Å². The monoisotopic (exact) mass is 361 g/mol. The van der Waals surface area contributed by atoms with Crippen molar-refractivity contribution in [3.63, 3.8) is 0 Å². The highest BCUT2D eigenvalue weighted by molar-refractivity contribution is 9.10. The van der Waals surface area contributed by atoms with E-state index in [-0.39, 0.29) is 16.9 Å². The number of hydrogen-bond donors (Lipinski definition) is 0. The fourth-order valence-corrected chi connectivity index (χ4v) is 4.11. The average molecular weight is 362 g/mol. The highest BCUT2D eigenvalue weighted by Crippen LogP contribution is 2.24. The predicted molar refractivity (Wildman–Crippen MR) is 78.6 cm³/mol. The van der Waals surface area contributed by atoms with E-state index >= 15 is 0 Å². The van der Waals surface area contributed by atoms with Crippen molar-refractivity contribution in [1.82, 2.24) is 4.90 Å². The van der Waals surface area contributed by atoms with E-state index in [1.165, 1.54) is 6.07 Å². The summed E-state index contributed by atoms with van der Waals surface area (Å²) < 4.78 is 28.9. The lowest BCUT2D eigenvalue weighted by Gasteiger charge is -2.31. The molecule has 0 radical (unpaired) electrons. The molecular formula is C13H16BrNO4S. The summed E-state index contributed by atoms with van der Waals surface area (Å²) in [7, 11) is -3.30. The van der Waals surface area contributed by atoms with E-state index in [4.69, 9.17) is 4.74 Å². The Labute approximate surface area is 127 Å². The maximum Gasteiger partial charge on any atom is 0.254 e. The summed E-state index contributed by atoms with van der Waals surface area (Å²) in [5, 5.41) is 0. The number of sulfone groups is 1. The van der Waals surface area contributed by atoms with Crippen LogP contribution >= 0.6 is 15.9 Å². The summed E-state index contributed by atoms with van der Waals surface area (Å²) in [5.41, 5.74) is 0.471. The second-order valence-electron chi connectivity index (χ2n) is 4.85. The molecule has 1 fully saturated rings. The summed E-state index contributed by atoms with van der Waals surface area (Å²) in [6, 6.07) is 4.55. The number of halogens is 1. The minimum atomic E-state index is -3.30. The summed E-state index contributed by atoms with van der Waals surface area (Å²) in [4.78, 5) is 14.3. The molecule has 110 valence electrons. The van der Waals surface area contributed by atoms with Gasteiger partial charge in [-0.25, -0.2) is 8.42 Å². The standard InChI is InChI=1S/C13H16BrNO4S/c1-9-8-15(5-6-19-9)13(16)10-3-4-12(11(14)7-10)20(2,17)18/h3-4,7,9H,5-6,8H2,1-2H3. The molecule has 2 rings (SSSR count). The molecule has 1 atom stereocenters. The number of amides is 1. The van der Waals surface area contributed by atoms with Crippen molar-refractivity contribution >= 4 is 31.7 Å². The molecule has 0 aliphatic carbocycles. The zero-order valence-electron chi connectivity index (χ0n) is 11.3. The van der Waals surface area contributed by atoms with Crippen LogP contribution in [-0.4, -0.2) is 51.3 Å². The van der Waals surface area contributed by atoms with Crippen LogP contribution in [0.5, 0.6) is 0 Å². The number of hydrogen-bond acceptors (Lipinski definition) is 4. The van der Waals surface area contributed by atoms with E-state index in [1.54, 1.807) is 17.0 Å². The molecule has 0 N–H and O–H groups in total. The number of nitrogens with zero attached hydrogens (tertiary/aromatic N) is 1. The summed E-state index contributed by atoms with van der Waals surface area (Å²) in [6.07, 6.45) is 1.16. The van der Waals surface area contributed by atoms with Crippen molar-refractivity contribution < 1.29 is 17.9 Å². The molecule has 1 aromatic carbocycles. The Morgan fingerprint density at radius 3 is 2.70 bits per heavy atom. The van der Waals surface area contributed by atoms with E-state index in [2.05, 4.69) is 15.9 Å². The zero-order valence-corrected chi connectivity index (χ0v) is 13.7. The van der Waals surface area contributed by atoms with Crippen LogP contribution in [0.15, 0.2) is 27.6 Å². The van der Waals surface area contributed by atoms with Crippen LogP contribution in [0.1, 0.15) is 17.3 Å². The molecule has 0 saturated carbocycles. The average Bonchev–Trinajstić information content (AvgIpc) is 2.36. The number of carbonyl (C=O) groups excluding carboxylic acids is 1. The van der Waals surface area contributed by atoms with Crippen molar-refractivity contribution in [2.45, 2.75) is 17.9 Å². The molecule has 0 spiro atoms. The van der Waals surface area contributed by atoms with Crippen molar-refractivity contribution in [3.05, 3.63) is 28.2 Å². The first-order chi connectivity index (χ1) is 9.29. The smallest absolute Gasteiger partial charge is 0.254 e. The Morgan fingerprint density at radius 1 is 1.45 bits per heavy atom. The molecule has 20 heavy (non-hydrogen) atoms. The van der Waals surface area contributed by atoms with Crippen LogP contribution < -0.4 is 0 Å². The summed E-state index contributed by atoms with van der Waals surface area (Å²) in [6.45, 7) is 3.54. The van der Waals surface area contributed by atoms with Crippen molar-refractivity contribution in [2.75, 3.05) is 26.0 Å². The third-order valence-corrected chi connectivity index (χ3v) is 5.18. The van der Waals surface area contributed by atoms with Gasteiger partial charge in [0.15, 0.2) is 9.84 Å². The topological polar surface area (TPSA) is 63.7 Å². The zero-order chi connectivity index (χ0) is 14.9. The first-order valence-corrected chi connectivity index (χ1v) is 8.88. The SMILES string of the molecule is CC1CN(C(=O)c2ccc(S(C)(=O)=O)c(Br)c2)CCO1. The highest BCUT2D eigenvalue weighted by atomic mass is 79.9. The molecule has 1 heterocycles. The Kier molecular flexibility index (Phi) is 4.51. The Bertz CT molecular complexity index is 629. The van der Waals surface area contributed by atoms with Crippen molar-refractivity contribution in [3.8, 4) is 0 Å². The molecule has 1 saturated heterocycles. The number of carbonyl (C=O) groups is 1. The van der Waals surface area contributed by atoms with E-state index in [9.17, 15) is 13.2 Å². The molecule has 5 nitrogen and oxygen atoms in total. The summed E-state index contributed by atoms with van der Waals surface area (Å²) >= 11 is 3.21.